The molecule has 0 bridgehead atoms. The van der Waals surface area contributed by atoms with E-state index in [-0.39, 0.29) is 12.6 Å². The van der Waals surface area contributed by atoms with E-state index in [4.69, 9.17) is 10.5 Å². The van der Waals surface area contributed by atoms with Crippen LogP contribution in [0, 0.1) is 0 Å². The van der Waals surface area contributed by atoms with Gasteiger partial charge in [-0.3, -0.25) is 9.69 Å². The van der Waals surface area contributed by atoms with Gasteiger partial charge in [0.15, 0.2) is 5.66 Å². The molecule has 0 spiro atoms. The van der Waals surface area contributed by atoms with Crippen molar-refractivity contribution in [2.75, 3.05) is 26.0 Å². The molecule has 3 amide bonds. The number of aryl methyl sites for hydroxylation is 1. The number of hydrogen-bond donors (Lipinski definition) is 3. The summed E-state index contributed by atoms with van der Waals surface area (Å²) in [6.45, 7) is 0.344. The molecule has 1 aliphatic carbocycles. The average Bonchev–Trinajstić information content (AvgIpc) is 3.60. The lowest BCUT2D eigenvalue weighted by molar-refractivity contribution is -0.115. The van der Waals surface area contributed by atoms with E-state index < -0.39 is 27.3 Å². The number of hydrogen-bond acceptors (Lipinski definition) is 5. The van der Waals surface area contributed by atoms with Gasteiger partial charge in [-0.05, 0) is 60.4 Å². The van der Waals surface area contributed by atoms with Gasteiger partial charge in [0.25, 0.3) is 0 Å². The molecule has 182 valence electrons. The molecule has 0 aromatic heterocycles. The van der Waals surface area contributed by atoms with Crippen molar-refractivity contribution in [3.8, 4) is 5.75 Å². The highest BCUT2D eigenvalue weighted by Crippen LogP contribution is 2.41. The Hall–Kier alpha value is -3.11. The minimum absolute atomic E-state index is 0.0368. The van der Waals surface area contributed by atoms with Crippen molar-refractivity contribution in [1.29, 1.82) is 0 Å². The highest BCUT2D eigenvalue weighted by Gasteiger charge is 2.49. The second-order valence-corrected chi connectivity index (χ2v) is 10.6. The Morgan fingerprint density at radius 1 is 1.18 bits per heavy atom. The first-order valence-electron chi connectivity index (χ1n) is 11.3. The van der Waals surface area contributed by atoms with Crippen molar-refractivity contribution in [2.24, 2.45) is 5.73 Å². The first kappa shape index (κ1) is 24.0. The summed E-state index contributed by atoms with van der Waals surface area (Å²) in [6, 6.07) is 15.0. The summed E-state index contributed by atoms with van der Waals surface area (Å²) in [4.78, 5) is 25.7. The molecule has 2 fully saturated rings. The second-order valence-electron chi connectivity index (χ2n) is 8.85. The molecule has 34 heavy (non-hydrogen) atoms. The number of carbonyl (C=O) groups excluding carboxylic acids is 2. The van der Waals surface area contributed by atoms with Gasteiger partial charge in [0.2, 0.25) is 15.9 Å². The summed E-state index contributed by atoms with van der Waals surface area (Å²) in [5.41, 5.74) is 6.71. The zero-order valence-electron chi connectivity index (χ0n) is 19.1. The molecule has 4 N–H and O–H groups in total. The lowest BCUT2D eigenvalue weighted by Crippen LogP contribution is -2.58. The molecule has 0 radical (unpaired) electrons. The number of nitrogens with one attached hydrogen (secondary N) is 2. The smallest absolute Gasteiger partial charge is 0.319 e. The minimum atomic E-state index is -4.10. The molecule has 10 heteroatoms. The Labute approximate surface area is 199 Å². The van der Waals surface area contributed by atoms with Crippen LogP contribution in [0.15, 0.2) is 48.5 Å². The van der Waals surface area contributed by atoms with Gasteiger partial charge in [-0.2, -0.15) is 4.72 Å². The average molecular weight is 487 g/mol. The standard InChI is InChI=1S/C24H30N4O5S/c1-33-21-12-4-17(5-13-21)3-2-14-28-23(30)26-16-24(28,27-34(31,32)15-22(25)29)20-10-8-19(9-11-20)18-6-7-18/h4-5,8-13,18,27H,2-3,6-7,14-16H2,1H3,(H2,25,29)(H,26,30). The largest absolute Gasteiger partial charge is 0.497 e. The van der Waals surface area contributed by atoms with Gasteiger partial charge in [0.1, 0.15) is 11.5 Å². The molecule has 1 aliphatic heterocycles. The van der Waals surface area contributed by atoms with Crippen molar-refractivity contribution in [1.82, 2.24) is 14.9 Å². The fraction of sp³-hybridized carbons (Fsp3) is 0.417. The third kappa shape index (κ3) is 5.34. The predicted molar refractivity (Wildman–Crippen MR) is 128 cm³/mol. The lowest BCUT2D eigenvalue weighted by atomic mass is 9.97. The number of carbonyl (C=O) groups is 2. The summed E-state index contributed by atoms with van der Waals surface area (Å²) in [7, 11) is -2.49. The molecule has 2 aromatic carbocycles. The Balaban J connectivity index is 1.59. The summed E-state index contributed by atoms with van der Waals surface area (Å²) in [5, 5.41) is 2.78. The van der Waals surface area contributed by atoms with Crippen LogP contribution in [-0.2, 0) is 26.9 Å². The first-order valence-corrected chi connectivity index (χ1v) is 13.0. The van der Waals surface area contributed by atoms with Crippen LogP contribution < -0.4 is 20.5 Å². The van der Waals surface area contributed by atoms with E-state index in [1.807, 2.05) is 48.5 Å². The van der Waals surface area contributed by atoms with Gasteiger partial charge < -0.3 is 15.8 Å². The Kier molecular flexibility index (Phi) is 6.81. The molecule has 2 aromatic rings. The van der Waals surface area contributed by atoms with Crippen LogP contribution in [0.2, 0.25) is 0 Å². The maximum atomic E-state index is 12.9. The molecule has 4 rings (SSSR count). The van der Waals surface area contributed by atoms with E-state index in [1.54, 1.807) is 7.11 Å². The monoisotopic (exact) mass is 486 g/mol. The fourth-order valence-corrected chi connectivity index (χ4v) is 5.69. The van der Waals surface area contributed by atoms with Gasteiger partial charge >= 0.3 is 6.03 Å². The van der Waals surface area contributed by atoms with E-state index in [1.165, 1.54) is 10.5 Å². The van der Waals surface area contributed by atoms with Crippen molar-refractivity contribution < 1.29 is 22.7 Å². The fourth-order valence-electron chi connectivity index (χ4n) is 4.43. The van der Waals surface area contributed by atoms with Crippen molar-refractivity contribution in [3.05, 3.63) is 65.2 Å². The highest BCUT2D eigenvalue weighted by atomic mass is 32.2. The van der Waals surface area contributed by atoms with Crippen LogP contribution in [0.4, 0.5) is 4.79 Å². The SMILES string of the molecule is COc1ccc(CCCN2C(=O)NCC2(NS(=O)(=O)CC(N)=O)c2ccc(C3CC3)cc2)cc1. The molecule has 1 heterocycles. The van der Waals surface area contributed by atoms with Crippen LogP contribution in [0.3, 0.4) is 0 Å². The summed E-state index contributed by atoms with van der Waals surface area (Å²) >= 11 is 0. The van der Waals surface area contributed by atoms with Gasteiger partial charge in [0, 0.05) is 6.54 Å². The van der Waals surface area contributed by atoms with Gasteiger partial charge in [-0.15, -0.1) is 0 Å². The minimum Gasteiger partial charge on any atom is -0.497 e. The zero-order valence-corrected chi connectivity index (χ0v) is 19.9. The van der Waals surface area contributed by atoms with Crippen LogP contribution in [0.1, 0.15) is 41.9 Å². The molecule has 1 unspecified atom stereocenters. The van der Waals surface area contributed by atoms with Crippen molar-refractivity contribution >= 4 is 22.0 Å². The number of nitrogens with zero attached hydrogens (tertiary/aromatic N) is 1. The van der Waals surface area contributed by atoms with Crippen LogP contribution >= 0.6 is 0 Å². The Morgan fingerprint density at radius 3 is 2.44 bits per heavy atom. The van der Waals surface area contributed by atoms with Gasteiger partial charge in [-0.25, -0.2) is 13.2 Å². The van der Waals surface area contributed by atoms with Crippen LogP contribution in [-0.4, -0.2) is 51.2 Å². The number of ether oxygens (including phenoxy) is 1. The zero-order chi connectivity index (χ0) is 24.3. The van der Waals surface area contributed by atoms with Crippen LogP contribution in [0.25, 0.3) is 0 Å². The summed E-state index contributed by atoms with van der Waals surface area (Å²) in [6.07, 6.45) is 3.60. The molecule has 1 atom stereocenters. The quantitative estimate of drug-likeness (QED) is 0.446. The molecule has 9 nitrogen and oxygen atoms in total. The topological polar surface area (TPSA) is 131 Å². The normalized spacial score (nSPS) is 20.3. The van der Waals surface area contributed by atoms with E-state index in [0.717, 1.165) is 24.2 Å². The maximum absolute atomic E-state index is 12.9. The van der Waals surface area contributed by atoms with Crippen molar-refractivity contribution in [3.63, 3.8) is 0 Å². The second kappa shape index (κ2) is 9.63. The molecule has 2 aliphatic rings. The van der Waals surface area contributed by atoms with E-state index in [0.29, 0.717) is 30.9 Å². The molecule has 1 saturated carbocycles. The van der Waals surface area contributed by atoms with Crippen molar-refractivity contribution in [2.45, 2.75) is 37.3 Å². The Morgan fingerprint density at radius 2 is 1.85 bits per heavy atom. The number of primary amides is 1. The first-order chi connectivity index (χ1) is 16.2. The third-order valence-electron chi connectivity index (χ3n) is 6.30. The summed E-state index contributed by atoms with van der Waals surface area (Å²) < 4.78 is 33.4. The number of sulfonamides is 1. The summed E-state index contributed by atoms with van der Waals surface area (Å²) in [5.74, 6) is -0.515. The molecule has 1 saturated heterocycles. The molecular weight excluding hydrogens is 456 g/mol. The lowest BCUT2D eigenvalue weighted by Gasteiger charge is -2.38. The number of amides is 3. The number of benzene rings is 2. The van der Waals surface area contributed by atoms with E-state index in [2.05, 4.69) is 10.0 Å². The molecular formula is C24H30N4O5S. The van der Waals surface area contributed by atoms with Gasteiger partial charge in [0.05, 0.1) is 13.7 Å². The predicted octanol–water partition coefficient (Wildman–Crippen LogP) is 1.79. The number of rotatable bonds is 11. The van der Waals surface area contributed by atoms with E-state index >= 15 is 0 Å². The van der Waals surface area contributed by atoms with E-state index in [9.17, 15) is 18.0 Å². The third-order valence-corrected chi connectivity index (χ3v) is 7.61. The number of nitrogens with two attached hydrogens (primary N) is 1. The van der Waals surface area contributed by atoms with Crippen LogP contribution in [0.5, 0.6) is 5.75 Å². The Bertz CT molecular complexity index is 1150. The number of methoxy groups -OCH3 is 1. The number of urea groups is 1. The van der Waals surface area contributed by atoms with Gasteiger partial charge in [-0.1, -0.05) is 36.4 Å². The maximum Gasteiger partial charge on any atom is 0.319 e. The highest BCUT2D eigenvalue weighted by molar-refractivity contribution is 7.90.